The van der Waals surface area contributed by atoms with Crippen LogP contribution in [0.15, 0.2) is 12.2 Å². The molecule has 5 heteroatoms. The summed E-state index contributed by atoms with van der Waals surface area (Å²) in [5.41, 5.74) is 0.605. The lowest BCUT2D eigenvalue weighted by molar-refractivity contribution is -0.514. The van der Waals surface area contributed by atoms with Crippen LogP contribution in [0.5, 0.6) is 0 Å². The van der Waals surface area contributed by atoms with E-state index in [2.05, 4.69) is 6.58 Å². The van der Waals surface area contributed by atoms with Crippen LogP contribution in [-0.2, 0) is 4.79 Å². The maximum Gasteiger partial charge on any atom is 0.307 e. The molecule has 3 rings (SSSR count). The van der Waals surface area contributed by atoms with Crippen LogP contribution in [0, 0.1) is 45.1 Å². The van der Waals surface area contributed by atoms with Crippen molar-refractivity contribution in [1.82, 2.24) is 0 Å². The zero-order valence-electron chi connectivity index (χ0n) is 11.7. The summed E-state index contributed by atoms with van der Waals surface area (Å²) in [5, 5.41) is 20.7. The molecule has 5 nitrogen and oxygen atoms in total. The average Bonchev–Trinajstić information content (AvgIpc) is 2.54. The normalized spacial score (nSPS) is 43.0. The maximum atomic E-state index is 11.7. The van der Waals surface area contributed by atoms with Crippen molar-refractivity contribution >= 4 is 5.97 Å². The van der Waals surface area contributed by atoms with Crippen LogP contribution in [0.2, 0.25) is 0 Å². The Bertz CT molecular complexity index is 480. The first kappa shape index (κ1) is 13.6. The Morgan fingerprint density at radius 3 is 2.80 bits per heavy atom. The third-order valence-electron chi connectivity index (χ3n) is 6.32. The highest BCUT2D eigenvalue weighted by Gasteiger charge is 2.72. The highest BCUT2D eigenvalue weighted by atomic mass is 16.6. The minimum Gasteiger partial charge on any atom is -0.481 e. The maximum absolute atomic E-state index is 11.7. The fraction of sp³-hybridized carbons (Fsp3) is 0.800. The van der Waals surface area contributed by atoms with Crippen LogP contribution in [0.4, 0.5) is 0 Å². The lowest BCUT2D eigenvalue weighted by Crippen LogP contribution is -2.63. The van der Waals surface area contributed by atoms with Gasteiger partial charge in [0.2, 0.25) is 6.54 Å². The number of rotatable bonds is 5. The number of aliphatic carboxylic acids is 1. The summed E-state index contributed by atoms with van der Waals surface area (Å²) in [6.07, 6.45) is 3.35. The van der Waals surface area contributed by atoms with Crippen molar-refractivity contribution in [1.29, 1.82) is 0 Å². The first-order valence-electron chi connectivity index (χ1n) is 7.46. The molecular weight excluding hydrogens is 258 g/mol. The van der Waals surface area contributed by atoms with Crippen LogP contribution < -0.4 is 0 Å². The topological polar surface area (TPSA) is 80.4 Å². The second-order valence-corrected chi connectivity index (χ2v) is 6.73. The summed E-state index contributed by atoms with van der Waals surface area (Å²) in [5.74, 6) is -0.315. The van der Waals surface area contributed by atoms with E-state index in [1.807, 2.05) is 6.92 Å². The second-order valence-electron chi connectivity index (χ2n) is 6.73. The molecule has 20 heavy (non-hydrogen) atoms. The van der Waals surface area contributed by atoms with Gasteiger partial charge in [0.15, 0.2) is 0 Å². The van der Waals surface area contributed by atoms with Gasteiger partial charge in [-0.2, -0.15) is 0 Å². The Labute approximate surface area is 118 Å². The zero-order valence-corrected chi connectivity index (χ0v) is 11.7. The van der Waals surface area contributed by atoms with Crippen LogP contribution in [-0.4, -0.2) is 22.5 Å². The molecule has 110 valence electrons. The van der Waals surface area contributed by atoms with Crippen molar-refractivity contribution < 1.29 is 14.8 Å². The van der Waals surface area contributed by atoms with E-state index < -0.39 is 17.3 Å². The molecule has 0 aromatic carbocycles. The van der Waals surface area contributed by atoms with Gasteiger partial charge in [-0.3, -0.25) is 14.9 Å². The highest BCUT2D eigenvalue weighted by Crippen LogP contribution is 2.73. The number of carboxylic acid groups (broad SMARTS) is 1. The number of nitrogens with zero attached hydrogens (tertiary/aromatic N) is 1. The molecule has 2 unspecified atom stereocenters. The van der Waals surface area contributed by atoms with Crippen molar-refractivity contribution in [3.8, 4) is 0 Å². The molecule has 0 heterocycles. The summed E-state index contributed by atoms with van der Waals surface area (Å²) < 4.78 is 0. The van der Waals surface area contributed by atoms with Gasteiger partial charge in [-0.1, -0.05) is 19.1 Å². The number of carbonyl (C=O) groups is 1. The van der Waals surface area contributed by atoms with Crippen LogP contribution >= 0.6 is 0 Å². The fourth-order valence-corrected chi connectivity index (χ4v) is 5.72. The van der Waals surface area contributed by atoms with E-state index in [-0.39, 0.29) is 23.3 Å². The first-order valence-corrected chi connectivity index (χ1v) is 7.46. The minimum atomic E-state index is -0.867. The van der Waals surface area contributed by atoms with Gasteiger partial charge >= 0.3 is 5.97 Å². The van der Waals surface area contributed by atoms with E-state index in [4.69, 9.17) is 0 Å². The number of fused-ring (bicyclic) bond motifs is 1. The molecule has 0 spiro atoms. The number of carboxylic acids is 1. The molecule has 6 atom stereocenters. The Morgan fingerprint density at radius 2 is 2.25 bits per heavy atom. The van der Waals surface area contributed by atoms with Crippen molar-refractivity contribution in [3.63, 3.8) is 0 Å². The van der Waals surface area contributed by atoms with E-state index in [9.17, 15) is 20.0 Å². The summed E-state index contributed by atoms with van der Waals surface area (Å²) in [7, 11) is 0. The molecule has 1 N–H and O–H groups in total. The molecule has 0 saturated heterocycles. The fourth-order valence-electron chi connectivity index (χ4n) is 5.72. The Kier molecular flexibility index (Phi) is 2.92. The van der Waals surface area contributed by atoms with Gasteiger partial charge in [0.05, 0.1) is 11.3 Å². The largest absolute Gasteiger partial charge is 0.481 e. The Balaban J connectivity index is 2.02. The molecule has 3 aliphatic rings. The number of allylic oxidation sites excluding steroid dienone is 1. The van der Waals surface area contributed by atoms with Crippen LogP contribution in [0.25, 0.3) is 0 Å². The zero-order chi connectivity index (χ0) is 14.7. The minimum absolute atomic E-state index is 0.158. The molecule has 0 radical (unpaired) electrons. The van der Waals surface area contributed by atoms with Gasteiger partial charge in [-0.25, -0.2) is 0 Å². The molecule has 0 aliphatic heterocycles. The van der Waals surface area contributed by atoms with Gasteiger partial charge in [0, 0.05) is 4.92 Å². The van der Waals surface area contributed by atoms with Crippen molar-refractivity contribution in [3.05, 3.63) is 22.3 Å². The molecule has 3 saturated carbocycles. The van der Waals surface area contributed by atoms with Gasteiger partial charge in [0.1, 0.15) is 0 Å². The summed E-state index contributed by atoms with van der Waals surface area (Å²) >= 11 is 0. The molecule has 3 fully saturated rings. The molecule has 2 bridgehead atoms. The van der Waals surface area contributed by atoms with E-state index in [1.165, 1.54) is 5.57 Å². The third-order valence-corrected chi connectivity index (χ3v) is 6.32. The molecule has 0 amide bonds. The van der Waals surface area contributed by atoms with Crippen molar-refractivity contribution in [2.45, 2.75) is 32.6 Å². The van der Waals surface area contributed by atoms with Gasteiger partial charge < -0.3 is 5.11 Å². The predicted molar refractivity (Wildman–Crippen MR) is 72.7 cm³/mol. The molecule has 0 aromatic rings. The number of nitro groups is 1. The lowest BCUT2D eigenvalue weighted by Gasteiger charge is -2.60. The highest BCUT2D eigenvalue weighted by molar-refractivity contribution is 5.72. The van der Waals surface area contributed by atoms with Gasteiger partial charge in [0.25, 0.3) is 0 Å². The van der Waals surface area contributed by atoms with Crippen molar-refractivity contribution in [2.24, 2.45) is 35.0 Å². The monoisotopic (exact) mass is 279 g/mol. The van der Waals surface area contributed by atoms with Crippen LogP contribution in [0.3, 0.4) is 0 Å². The second kappa shape index (κ2) is 4.30. The Morgan fingerprint density at radius 1 is 1.55 bits per heavy atom. The summed E-state index contributed by atoms with van der Waals surface area (Å²) in [6, 6.07) is 0. The van der Waals surface area contributed by atoms with E-state index in [1.54, 1.807) is 0 Å². The van der Waals surface area contributed by atoms with Crippen LogP contribution in [0.1, 0.15) is 32.6 Å². The first-order chi connectivity index (χ1) is 9.43. The smallest absolute Gasteiger partial charge is 0.307 e. The summed E-state index contributed by atoms with van der Waals surface area (Å²) in [4.78, 5) is 22.5. The summed E-state index contributed by atoms with van der Waals surface area (Å²) in [6.45, 7) is 5.82. The molecular formula is C15H21NO4. The number of hydrogen-bond acceptors (Lipinski definition) is 3. The predicted octanol–water partition coefficient (Wildman–Crippen LogP) is 2.59. The molecule has 3 aliphatic carbocycles. The number of hydrogen-bond donors (Lipinski definition) is 1. The van der Waals surface area contributed by atoms with E-state index >= 15 is 0 Å². The Hall–Kier alpha value is -1.39. The average molecular weight is 279 g/mol. The molecule has 0 aromatic heterocycles. The third kappa shape index (κ3) is 1.46. The lowest BCUT2D eigenvalue weighted by atomic mass is 9.41. The van der Waals surface area contributed by atoms with E-state index in [0.717, 1.165) is 19.3 Å². The SMILES string of the molecule is C=C1[C@H]2CC[C@H]3[C@@H]1[C@@H](C2)C3(C[N+](=O)[O-])C(CC)C(=O)O. The van der Waals surface area contributed by atoms with Gasteiger partial charge in [-0.15, -0.1) is 0 Å². The van der Waals surface area contributed by atoms with Gasteiger partial charge in [-0.05, 0) is 49.4 Å². The standard InChI is InChI=1S/C15H21NO4/c1-3-10(14(17)18)15(7-16(19)20)11-5-4-9-6-12(15)13(11)8(9)2/h9-13H,2-7H2,1H3,(H,17,18)/t9-,10?,11-,12+,13+,15?/m0/s1. The van der Waals surface area contributed by atoms with Crippen molar-refractivity contribution in [2.75, 3.05) is 6.54 Å². The quantitative estimate of drug-likeness (QED) is 0.476. The van der Waals surface area contributed by atoms with E-state index in [0.29, 0.717) is 18.3 Å².